The summed E-state index contributed by atoms with van der Waals surface area (Å²) in [7, 11) is 0. The minimum atomic E-state index is -2.89. The summed E-state index contributed by atoms with van der Waals surface area (Å²) in [4.78, 5) is 3.89. The molecule has 0 unspecified atom stereocenters. The zero-order valence-corrected chi connectivity index (χ0v) is 12.7. The Morgan fingerprint density at radius 2 is 2.09 bits per heavy atom. The molecule has 0 fully saturated rings. The van der Waals surface area contributed by atoms with Gasteiger partial charge in [0.1, 0.15) is 34.8 Å². The predicted octanol–water partition coefficient (Wildman–Crippen LogP) is 4.71. The van der Waals surface area contributed by atoms with Gasteiger partial charge in [-0.3, -0.25) is 4.57 Å². The number of terminal acetylenes is 1. The largest absolute Gasteiger partial charge is 0.479 e. The fourth-order valence-electron chi connectivity index (χ4n) is 1.86. The minimum Gasteiger partial charge on any atom is -0.479 e. The summed E-state index contributed by atoms with van der Waals surface area (Å²) in [6.07, 6.45) is 5.07. The van der Waals surface area contributed by atoms with Gasteiger partial charge in [0.15, 0.2) is 0 Å². The highest BCUT2D eigenvalue weighted by Gasteiger charge is 2.23. The Morgan fingerprint density at radius 1 is 1.41 bits per heavy atom. The number of benzene rings is 1. The van der Waals surface area contributed by atoms with Crippen molar-refractivity contribution in [1.82, 2.24) is 9.55 Å². The molecule has 0 spiro atoms. The van der Waals surface area contributed by atoms with Crippen molar-refractivity contribution in [2.45, 2.75) is 13.5 Å². The van der Waals surface area contributed by atoms with E-state index < -0.39 is 12.4 Å². The van der Waals surface area contributed by atoms with E-state index in [1.54, 1.807) is 0 Å². The lowest BCUT2D eigenvalue weighted by Crippen LogP contribution is -2.00. The molecule has 0 atom stereocenters. The number of nitrogens with zero attached hydrogens (tertiary/aromatic N) is 2. The van der Waals surface area contributed by atoms with E-state index in [2.05, 4.69) is 10.9 Å². The molecule has 1 aromatic carbocycles. The molecule has 0 aliphatic heterocycles. The molecule has 0 aliphatic carbocycles. The van der Waals surface area contributed by atoms with Crippen molar-refractivity contribution >= 4 is 23.2 Å². The molecule has 1 heterocycles. The summed E-state index contributed by atoms with van der Waals surface area (Å²) in [6.45, 7) is -1.63. The van der Waals surface area contributed by atoms with Crippen LogP contribution in [0.15, 0.2) is 12.1 Å². The number of halogens is 5. The third-order valence-corrected chi connectivity index (χ3v) is 3.47. The zero-order valence-electron chi connectivity index (χ0n) is 11.2. The van der Waals surface area contributed by atoms with Crippen LogP contribution in [0, 0.1) is 25.1 Å². The molecule has 8 heteroatoms. The summed E-state index contributed by atoms with van der Waals surface area (Å²) in [5.41, 5.74) is -0.233. The Balaban J connectivity index is 2.58. The highest BCUT2D eigenvalue weighted by molar-refractivity contribution is 6.33. The first-order valence-electron chi connectivity index (χ1n) is 5.95. The van der Waals surface area contributed by atoms with E-state index in [-0.39, 0.29) is 39.6 Å². The number of rotatable bonds is 4. The van der Waals surface area contributed by atoms with E-state index in [4.69, 9.17) is 34.4 Å². The van der Waals surface area contributed by atoms with E-state index in [0.29, 0.717) is 4.57 Å². The first kappa shape index (κ1) is 16.5. The fourth-order valence-corrected chi connectivity index (χ4v) is 2.40. The van der Waals surface area contributed by atoms with Crippen molar-refractivity contribution in [3.63, 3.8) is 0 Å². The third-order valence-electron chi connectivity index (χ3n) is 2.81. The second-order valence-corrected chi connectivity index (χ2v) is 4.97. The predicted molar refractivity (Wildman–Crippen MR) is 78.0 cm³/mol. The van der Waals surface area contributed by atoms with Crippen LogP contribution < -0.4 is 4.74 Å². The summed E-state index contributed by atoms with van der Waals surface area (Å²) >= 11 is 11.7. The van der Waals surface area contributed by atoms with Gasteiger partial charge in [-0.05, 0) is 19.1 Å². The summed E-state index contributed by atoms with van der Waals surface area (Å²) in [6, 6.07) is 2.20. The monoisotopic (exact) mass is 348 g/mol. The maximum atomic E-state index is 14.1. The quantitative estimate of drug-likeness (QED) is 0.748. The maximum Gasteiger partial charge on any atom is 0.321 e. The Labute approximate surface area is 134 Å². The van der Waals surface area contributed by atoms with Crippen molar-refractivity contribution in [1.29, 1.82) is 0 Å². The van der Waals surface area contributed by atoms with Gasteiger partial charge in [0.05, 0.1) is 5.02 Å². The molecule has 0 N–H and O–H groups in total. The molecule has 0 saturated carbocycles. The van der Waals surface area contributed by atoms with Gasteiger partial charge < -0.3 is 4.74 Å². The van der Waals surface area contributed by atoms with E-state index in [0.717, 1.165) is 6.07 Å². The number of alkyl halides is 2. The SMILES string of the molecule is C#CCOc1cc(-c2nc(C)n(C(F)F)c2Cl)c(F)cc1Cl. The first-order valence-corrected chi connectivity index (χ1v) is 6.70. The van der Waals surface area contributed by atoms with Crippen LogP contribution in [0.2, 0.25) is 10.2 Å². The van der Waals surface area contributed by atoms with Crippen LogP contribution in [0.1, 0.15) is 12.4 Å². The Hall–Kier alpha value is -1.84. The zero-order chi connectivity index (χ0) is 16.4. The van der Waals surface area contributed by atoms with Crippen molar-refractivity contribution in [2.24, 2.45) is 0 Å². The minimum absolute atomic E-state index is 0.00219. The molecule has 2 rings (SSSR count). The number of hydrogen-bond donors (Lipinski definition) is 0. The van der Waals surface area contributed by atoms with Gasteiger partial charge in [-0.25, -0.2) is 9.37 Å². The van der Waals surface area contributed by atoms with E-state index in [1.807, 2.05) is 0 Å². The van der Waals surface area contributed by atoms with E-state index in [1.165, 1.54) is 13.0 Å². The van der Waals surface area contributed by atoms with Gasteiger partial charge in [0, 0.05) is 5.56 Å². The highest BCUT2D eigenvalue weighted by atomic mass is 35.5. The smallest absolute Gasteiger partial charge is 0.321 e. The summed E-state index contributed by atoms with van der Waals surface area (Å²) in [5, 5.41) is -0.380. The second-order valence-electron chi connectivity index (χ2n) is 4.20. The standard InChI is InChI=1S/C14H9Cl2F3N2O/c1-3-4-22-11-5-8(10(17)6-9(11)15)12-13(16)21(14(18)19)7(2)20-12/h1,5-6,14H,4H2,2H3. The lowest BCUT2D eigenvalue weighted by molar-refractivity contribution is 0.0683. The molecule has 0 aliphatic rings. The Bertz CT molecular complexity index is 754. The van der Waals surface area contributed by atoms with E-state index in [9.17, 15) is 13.2 Å². The van der Waals surface area contributed by atoms with Crippen molar-refractivity contribution < 1.29 is 17.9 Å². The molecule has 0 saturated heterocycles. The molecule has 3 nitrogen and oxygen atoms in total. The van der Waals surface area contributed by atoms with Crippen LogP contribution >= 0.6 is 23.2 Å². The van der Waals surface area contributed by atoms with Crippen LogP contribution in [-0.2, 0) is 0 Å². The fraction of sp³-hybridized carbons (Fsp3) is 0.214. The number of ether oxygens (including phenoxy) is 1. The third kappa shape index (κ3) is 3.01. The molecular formula is C14H9Cl2F3N2O. The van der Waals surface area contributed by atoms with E-state index >= 15 is 0 Å². The normalized spacial score (nSPS) is 10.8. The van der Waals surface area contributed by atoms with Gasteiger partial charge in [-0.1, -0.05) is 29.1 Å². The molecule has 0 radical (unpaired) electrons. The van der Waals surface area contributed by atoms with Crippen molar-refractivity contribution in [3.05, 3.63) is 34.0 Å². The first-order chi connectivity index (χ1) is 10.4. The molecular weight excluding hydrogens is 340 g/mol. The summed E-state index contributed by atoms with van der Waals surface area (Å²) in [5.74, 6) is 1.53. The van der Waals surface area contributed by atoms with Crippen LogP contribution in [0.5, 0.6) is 5.75 Å². The number of aromatic nitrogens is 2. The topological polar surface area (TPSA) is 27.1 Å². The average molecular weight is 349 g/mol. The lowest BCUT2D eigenvalue weighted by atomic mass is 10.1. The van der Waals surface area contributed by atoms with Gasteiger partial charge in [-0.2, -0.15) is 8.78 Å². The molecule has 22 heavy (non-hydrogen) atoms. The molecule has 0 bridgehead atoms. The molecule has 2 aromatic rings. The van der Waals surface area contributed by atoms with Gasteiger partial charge in [0.2, 0.25) is 0 Å². The van der Waals surface area contributed by atoms with Gasteiger partial charge in [-0.15, -0.1) is 6.42 Å². The number of imidazole rings is 1. The average Bonchev–Trinajstić information content (AvgIpc) is 2.73. The lowest BCUT2D eigenvalue weighted by Gasteiger charge is -2.09. The summed E-state index contributed by atoms with van der Waals surface area (Å²) < 4.78 is 45.6. The second kappa shape index (κ2) is 6.51. The Kier molecular flexibility index (Phi) is 4.89. The van der Waals surface area contributed by atoms with Gasteiger partial charge in [0.25, 0.3) is 0 Å². The van der Waals surface area contributed by atoms with Crippen LogP contribution in [0.3, 0.4) is 0 Å². The highest BCUT2D eigenvalue weighted by Crippen LogP contribution is 2.37. The molecule has 116 valence electrons. The van der Waals surface area contributed by atoms with Crippen LogP contribution in [0.25, 0.3) is 11.3 Å². The maximum absolute atomic E-state index is 14.1. The molecule has 0 amide bonds. The van der Waals surface area contributed by atoms with Crippen molar-refractivity contribution in [3.8, 4) is 29.4 Å². The van der Waals surface area contributed by atoms with Gasteiger partial charge >= 0.3 is 6.55 Å². The van der Waals surface area contributed by atoms with Crippen molar-refractivity contribution in [2.75, 3.05) is 6.61 Å². The number of aryl methyl sites for hydroxylation is 1. The number of hydrogen-bond acceptors (Lipinski definition) is 2. The van der Waals surface area contributed by atoms with Crippen LogP contribution in [0.4, 0.5) is 13.2 Å². The van der Waals surface area contributed by atoms with Crippen LogP contribution in [-0.4, -0.2) is 16.2 Å². The molecule has 1 aromatic heterocycles. The Morgan fingerprint density at radius 3 is 2.64 bits per heavy atom.